The van der Waals surface area contributed by atoms with Gasteiger partial charge in [-0.25, -0.2) is 0 Å². The smallest absolute Gasteiger partial charge is 0.231 e. The van der Waals surface area contributed by atoms with Crippen molar-refractivity contribution in [2.45, 2.75) is 19.9 Å². The summed E-state index contributed by atoms with van der Waals surface area (Å²) in [6.07, 6.45) is 2.68. The van der Waals surface area contributed by atoms with Crippen LogP contribution >= 0.6 is 0 Å². The van der Waals surface area contributed by atoms with Gasteiger partial charge in [-0.05, 0) is 12.5 Å². The van der Waals surface area contributed by atoms with Crippen LogP contribution in [0.15, 0.2) is 12.3 Å². The molecule has 0 aliphatic rings. The molecule has 0 aliphatic heterocycles. The first-order chi connectivity index (χ1) is 5.79. The Bertz CT molecular complexity index is 267. The van der Waals surface area contributed by atoms with Crippen LogP contribution in [-0.2, 0) is 11.3 Å². The van der Waals surface area contributed by atoms with Gasteiger partial charge in [0, 0.05) is 12.7 Å². The van der Waals surface area contributed by atoms with Gasteiger partial charge in [-0.15, -0.1) is 0 Å². The Balaban J connectivity index is 2.83. The zero-order valence-corrected chi connectivity index (χ0v) is 7.37. The second-order valence-electron chi connectivity index (χ2n) is 2.47. The second kappa shape index (κ2) is 3.90. The topological polar surface area (TPSA) is 50.9 Å². The van der Waals surface area contributed by atoms with Gasteiger partial charge in [-0.2, -0.15) is 5.10 Å². The largest absolute Gasteiger partial charge is 0.480 e. The zero-order valence-electron chi connectivity index (χ0n) is 7.37. The monoisotopic (exact) mass is 167 g/mol. The number of aryl methyl sites for hydroxylation is 1. The van der Waals surface area contributed by atoms with E-state index >= 15 is 0 Å². The Morgan fingerprint density at radius 3 is 3.08 bits per heavy atom. The molecule has 4 nitrogen and oxygen atoms in total. The number of nitrogens with one attached hydrogen (secondary N) is 1. The molecule has 1 heterocycles. The van der Waals surface area contributed by atoms with Crippen LogP contribution in [0.25, 0.3) is 0 Å². The number of ether oxygens (including phenoxy) is 1. The van der Waals surface area contributed by atoms with Gasteiger partial charge >= 0.3 is 0 Å². The molecule has 0 radical (unpaired) electrons. The molecule has 1 rings (SSSR count). The number of rotatable bonds is 3. The van der Waals surface area contributed by atoms with E-state index in [1.807, 2.05) is 0 Å². The molecule has 12 heavy (non-hydrogen) atoms. The van der Waals surface area contributed by atoms with E-state index < -0.39 is 0 Å². The fourth-order valence-electron chi connectivity index (χ4n) is 1.02. The number of nitrogens with zero attached hydrogens (tertiary/aromatic N) is 2. The summed E-state index contributed by atoms with van der Waals surface area (Å²) in [5.41, 5.74) is 0.736. The fraction of sp³-hybridized carbons (Fsp3) is 0.500. The van der Waals surface area contributed by atoms with Gasteiger partial charge in [0.25, 0.3) is 0 Å². The summed E-state index contributed by atoms with van der Waals surface area (Å²) in [4.78, 5) is 0. The number of methoxy groups -OCH3 is 1. The van der Waals surface area contributed by atoms with Crippen LogP contribution in [0.5, 0.6) is 0 Å². The third kappa shape index (κ3) is 1.64. The fourth-order valence-corrected chi connectivity index (χ4v) is 1.02. The number of aromatic nitrogens is 2. The maximum atomic E-state index is 7.43. The second-order valence-corrected chi connectivity index (χ2v) is 2.47. The van der Waals surface area contributed by atoms with E-state index in [-0.39, 0.29) is 5.90 Å². The van der Waals surface area contributed by atoms with Gasteiger partial charge < -0.3 is 4.74 Å². The molecule has 0 fully saturated rings. The maximum Gasteiger partial charge on any atom is 0.231 e. The maximum absolute atomic E-state index is 7.43. The summed E-state index contributed by atoms with van der Waals surface area (Å²) in [5.74, 6) is 0.168. The lowest BCUT2D eigenvalue weighted by atomic mass is 10.4. The van der Waals surface area contributed by atoms with Crippen molar-refractivity contribution in [3.05, 3.63) is 18.0 Å². The number of hydrogen-bond acceptors (Lipinski definition) is 3. The molecule has 0 spiro atoms. The summed E-state index contributed by atoms with van der Waals surface area (Å²) in [7, 11) is 1.49. The minimum atomic E-state index is 0.168. The van der Waals surface area contributed by atoms with E-state index in [1.54, 1.807) is 16.9 Å². The predicted octanol–water partition coefficient (Wildman–Crippen LogP) is 1.26. The Hall–Kier alpha value is -1.32. The highest BCUT2D eigenvalue weighted by Crippen LogP contribution is 2.01. The van der Waals surface area contributed by atoms with E-state index in [2.05, 4.69) is 12.0 Å². The third-order valence-electron chi connectivity index (χ3n) is 1.59. The molecule has 0 aliphatic carbocycles. The van der Waals surface area contributed by atoms with Gasteiger partial charge in [-0.3, -0.25) is 10.1 Å². The van der Waals surface area contributed by atoms with Crippen LogP contribution in [-0.4, -0.2) is 22.8 Å². The van der Waals surface area contributed by atoms with Gasteiger partial charge in [-0.1, -0.05) is 6.92 Å². The summed E-state index contributed by atoms with van der Waals surface area (Å²) >= 11 is 0. The first-order valence-corrected chi connectivity index (χ1v) is 3.94. The first-order valence-electron chi connectivity index (χ1n) is 3.94. The molecule has 1 N–H and O–H groups in total. The van der Waals surface area contributed by atoms with Crippen molar-refractivity contribution in [1.82, 2.24) is 9.78 Å². The predicted molar refractivity (Wildman–Crippen MR) is 46.4 cm³/mol. The molecule has 0 amide bonds. The quantitative estimate of drug-likeness (QED) is 0.544. The lowest BCUT2D eigenvalue weighted by molar-refractivity contribution is 0.395. The minimum absolute atomic E-state index is 0.168. The highest BCUT2D eigenvalue weighted by Gasteiger charge is 2.06. The molecule has 0 aromatic carbocycles. The highest BCUT2D eigenvalue weighted by molar-refractivity contribution is 5.89. The zero-order chi connectivity index (χ0) is 8.97. The minimum Gasteiger partial charge on any atom is -0.480 e. The number of hydrogen-bond donors (Lipinski definition) is 1. The van der Waals surface area contributed by atoms with E-state index in [1.165, 1.54) is 7.11 Å². The molecule has 1 aromatic rings. The van der Waals surface area contributed by atoms with Crippen LogP contribution in [0.1, 0.15) is 19.0 Å². The average Bonchev–Trinajstić information content (AvgIpc) is 2.52. The van der Waals surface area contributed by atoms with Crippen molar-refractivity contribution in [1.29, 1.82) is 5.41 Å². The third-order valence-corrected chi connectivity index (χ3v) is 1.59. The van der Waals surface area contributed by atoms with Gasteiger partial charge in [0.15, 0.2) is 0 Å². The molecule has 0 saturated heterocycles. The highest BCUT2D eigenvalue weighted by atomic mass is 16.5. The van der Waals surface area contributed by atoms with Crippen molar-refractivity contribution in [3.63, 3.8) is 0 Å². The molecular formula is C8H13N3O. The normalized spacial score (nSPS) is 9.83. The first kappa shape index (κ1) is 8.77. The SMILES string of the molecule is CCCn1nccc1C(=N)OC. The van der Waals surface area contributed by atoms with E-state index in [4.69, 9.17) is 10.1 Å². The molecule has 1 aromatic heterocycles. The Morgan fingerprint density at radius 2 is 2.50 bits per heavy atom. The van der Waals surface area contributed by atoms with E-state index in [0.717, 1.165) is 18.7 Å². The molecule has 0 unspecified atom stereocenters. The van der Waals surface area contributed by atoms with E-state index in [9.17, 15) is 0 Å². The van der Waals surface area contributed by atoms with Crippen molar-refractivity contribution in [2.24, 2.45) is 0 Å². The van der Waals surface area contributed by atoms with Gasteiger partial charge in [0.05, 0.1) is 7.11 Å². The summed E-state index contributed by atoms with van der Waals surface area (Å²) < 4.78 is 6.57. The molecule has 0 atom stereocenters. The van der Waals surface area contributed by atoms with Crippen LogP contribution in [0.4, 0.5) is 0 Å². The standard InChI is InChI=1S/C8H13N3O/c1-3-6-11-7(4-5-10-11)8(9)12-2/h4-5,9H,3,6H2,1-2H3. The summed E-state index contributed by atoms with van der Waals surface area (Å²) in [6, 6.07) is 1.78. The van der Waals surface area contributed by atoms with Gasteiger partial charge in [0.2, 0.25) is 5.90 Å². The van der Waals surface area contributed by atoms with E-state index in [0.29, 0.717) is 0 Å². The summed E-state index contributed by atoms with van der Waals surface area (Å²) in [5, 5.41) is 11.5. The van der Waals surface area contributed by atoms with Crippen molar-refractivity contribution in [2.75, 3.05) is 7.11 Å². The van der Waals surface area contributed by atoms with Crippen LogP contribution < -0.4 is 0 Å². The molecule has 4 heteroatoms. The lowest BCUT2D eigenvalue weighted by Crippen LogP contribution is -2.11. The van der Waals surface area contributed by atoms with Gasteiger partial charge in [0.1, 0.15) is 5.69 Å². The van der Waals surface area contributed by atoms with Crippen molar-refractivity contribution >= 4 is 5.90 Å². The molecule has 66 valence electrons. The van der Waals surface area contributed by atoms with Crippen molar-refractivity contribution in [3.8, 4) is 0 Å². The average molecular weight is 167 g/mol. The van der Waals surface area contributed by atoms with Crippen LogP contribution in [0.3, 0.4) is 0 Å². The van der Waals surface area contributed by atoms with Crippen LogP contribution in [0.2, 0.25) is 0 Å². The Kier molecular flexibility index (Phi) is 2.85. The molecule has 0 bridgehead atoms. The molecule has 0 saturated carbocycles. The van der Waals surface area contributed by atoms with Crippen molar-refractivity contribution < 1.29 is 4.74 Å². The lowest BCUT2D eigenvalue weighted by Gasteiger charge is -2.05. The molecular weight excluding hydrogens is 154 g/mol. The Morgan fingerprint density at radius 1 is 1.75 bits per heavy atom. The summed E-state index contributed by atoms with van der Waals surface area (Å²) in [6.45, 7) is 2.90. The van der Waals surface area contributed by atoms with Crippen LogP contribution in [0, 0.1) is 5.41 Å². The Labute approximate surface area is 71.7 Å².